The minimum absolute atomic E-state index is 0.0532. The van der Waals surface area contributed by atoms with Crippen LogP contribution in [0.3, 0.4) is 0 Å². The van der Waals surface area contributed by atoms with Gasteiger partial charge in [-0.3, -0.25) is 4.79 Å². The molecule has 5 nitrogen and oxygen atoms in total. The number of aromatic nitrogens is 1. The van der Waals surface area contributed by atoms with E-state index >= 15 is 0 Å². The highest BCUT2D eigenvalue weighted by atomic mass is 16.1. The van der Waals surface area contributed by atoms with Crippen LogP contribution in [-0.2, 0) is 4.79 Å². The molecular formula is C15H24N4O. The van der Waals surface area contributed by atoms with E-state index in [1.807, 2.05) is 12.1 Å². The number of rotatable bonds is 5. The molecule has 2 atom stereocenters. The van der Waals surface area contributed by atoms with Gasteiger partial charge >= 0.3 is 0 Å². The quantitative estimate of drug-likeness (QED) is 0.862. The van der Waals surface area contributed by atoms with Crippen molar-refractivity contribution < 1.29 is 4.79 Å². The van der Waals surface area contributed by atoms with Gasteiger partial charge in [0.25, 0.3) is 0 Å². The van der Waals surface area contributed by atoms with Crippen molar-refractivity contribution in [2.75, 3.05) is 29.9 Å². The second-order valence-corrected chi connectivity index (χ2v) is 5.20. The van der Waals surface area contributed by atoms with Gasteiger partial charge in [0.05, 0.1) is 17.8 Å². The van der Waals surface area contributed by atoms with Crippen molar-refractivity contribution >= 4 is 17.4 Å². The van der Waals surface area contributed by atoms with Crippen LogP contribution in [0.1, 0.15) is 27.2 Å². The van der Waals surface area contributed by atoms with Crippen molar-refractivity contribution in [3.05, 3.63) is 18.3 Å². The summed E-state index contributed by atoms with van der Waals surface area (Å²) >= 11 is 0. The molecule has 1 fully saturated rings. The molecule has 5 heteroatoms. The number of amides is 1. The predicted octanol–water partition coefficient (Wildman–Crippen LogP) is 1.86. The average Bonchev–Trinajstić information content (AvgIpc) is 2.88. The van der Waals surface area contributed by atoms with Gasteiger partial charge in [0, 0.05) is 19.1 Å². The van der Waals surface area contributed by atoms with Crippen LogP contribution in [0.25, 0.3) is 0 Å². The van der Waals surface area contributed by atoms with E-state index in [-0.39, 0.29) is 17.9 Å². The minimum Gasteiger partial charge on any atom is -0.357 e. The van der Waals surface area contributed by atoms with Crippen LogP contribution in [0.15, 0.2) is 18.3 Å². The van der Waals surface area contributed by atoms with Crippen molar-refractivity contribution in [2.45, 2.75) is 33.2 Å². The topological polar surface area (TPSA) is 57.3 Å². The van der Waals surface area contributed by atoms with E-state index in [4.69, 9.17) is 0 Å². The Hall–Kier alpha value is -1.62. The second kappa shape index (κ2) is 6.70. The van der Waals surface area contributed by atoms with E-state index in [2.05, 4.69) is 41.3 Å². The molecule has 0 saturated carbocycles. The van der Waals surface area contributed by atoms with E-state index in [0.29, 0.717) is 0 Å². The fourth-order valence-electron chi connectivity index (χ4n) is 2.65. The maximum absolute atomic E-state index is 12.2. The highest BCUT2D eigenvalue weighted by Crippen LogP contribution is 2.19. The molecule has 2 N–H and O–H groups in total. The van der Waals surface area contributed by atoms with Gasteiger partial charge in [0.2, 0.25) is 5.91 Å². The number of hydrogen-bond acceptors (Lipinski definition) is 4. The average molecular weight is 276 g/mol. The number of anilines is 2. The lowest BCUT2D eigenvalue weighted by Crippen LogP contribution is -2.32. The van der Waals surface area contributed by atoms with Gasteiger partial charge in [-0.1, -0.05) is 0 Å². The molecule has 0 radical (unpaired) electrons. The third kappa shape index (κ3) is 3.28. The van der Waals surface area contributed by atoms with E-state index in [0.717, 1.165) is 37.6 Å². The van der Waals surface area contributed by atoms with Crippen LogP contribution in [0, 0.1) is 5.92 Å². The Morgan fingerprint density at radius 1 is 1.45 bits per heavy atom. The standard InChI is InChI=1S/C15H24N4O/c1-4-19(5-2)14-7-6-12(10-17-14)18-15(20)13-8-9-16-11(13)3/h6-7,10-11,13,16H,4-5,8-9H2,1-3H3,(H,18,20). The summed E-state index contributed by atoms with van der Waals surface area (Å²) in [6.45, 7) is 9.04. The van der Waals surface area contributed by atoms with Crippen LogP contribution in [0.5, 0.6) is 0 Å². The highest BCUT2D eigenvalue weighted by molar-refractivity contribution is 5.93. The number of nitrogens with one attached hydrogen (secondary N) is 2. The summed E-state index contributed by atoms with van der Waals surface area (Å²) in [5.74, 6) is 1.08. The fraction of sp³-hybridized carbons (Fsp3) is 0.600. The van der Waals surface area contributed by atoms with Crippen LogP contribution in [0.2, 0.25) is 0 Å². The summed E-state index contributed by atoms with van der Waals surface area (Å²) in [5, 5.41) is 6.25. The number of carbonyl (C=O) groups is 1. The zero-order valence-electron chi connectivity index (χ0n) is 12.5. The van der Waals surface area contributed by atoms with E-state index < -0.39 is 0 Å². The van der Waals surface area contributed by atoms with Crippen LogP contribution >= 0.6 is 0 Å². The van der Waals surface area contributed by atoms with Crippen molar-refractivity contribution in [1.29, 1.82) is 0 Å². The molecule has 1 aliphatic rings. The van der Waals surface area contributed by atoms with Crippen molar-refractivity contribution in [3.63, 3.8) is 0 Å². The summed E-state index contributed by atoms with van der Waals surface area (Å²) in [6.07, 6.45) is 2.64. The first-order chi connectivity index (χ1) is 9.65. The van der Waals surface area contributed by atoms with E-state index in [9.17, 15) is 4.79 Å². The SMILES string of the molecule is CCN(CC)c1ccc(NC(=O)C2CCNC2C)cn1. The van der Waals surface area contributed by atoms with Gasteiger partial charge in [0.1, 0.15) is 5.82 Å². The summed E-state index contributed by atoms with van der Waals surface area (Å²) in [7, 11) is 0. The first-order valence-corrected chi connectivity index (χ1v) is 7.41. The largest absolute Gasteiger partial charge is 0.357 e. The lowest BCUT2D eigenvalue weighted by Gasteiger charge is -2.20. The first kappa shape index (κ1) is 14.8. The molecule has 0 bridgehead atoms. The number of pyridine rings is 1. The molecule has 1 aromatic rings. The molecule has 110 valence electrons. The van der Waals surface area contributed by atoms with Crippen molar-refractivity contribution in [3.8, 4) is 0 Å². The monoisotopic (exact) mass is 276 g/mol. The second-order valence-electron chi connectivity index (χ2n) is 5.20. The highest BCUT2D eigenvalue weighted by Gasteiger charge is 2.29. The summed E-state index contributed by atoms with van der Waals surface area (Å²) in [5.41, 5.74) is 0.769. The molecule has 1 aliphatic heterocycles. The molecule has 20 heavy (non-hydrogen) atoms. The summed E-state index contributed by atoms with van der Waals surface area (Å²) < 4.78 is 0. The maximum atomic E-state index is 12.2. The molecule has 1 aromatic heterocycles. The lowest BCUT2D eigenvalue weighted by molar-refractivity contribution is -0.120. The van der Waals surface area contributed by atoms with Gasteiger partial charge in [-0.2, -0.15) is 0 Å². The minimum atomic E-state index is 0.0532. The van der Waals surface area contributed by atoms with Gasteiger partial charge in [0.15, 0.2) is 0 Å². The zero-order valence-corrected chi connectivity index (χ0v) is 12.5. The zero-order chi connectivity index (χ0) is 14.5. The smallest absolute Gasteiger partial charge is 0.229 e. The van der Waals surface area contributed by atoms with Gasteiger partial charge in [-0.25, -0.2) is 4.98 Å². The Morgan fingerprint density at radius 2 is 2.20 bits per heavy atom. The number of hydrogen-bond donors (Lipinski definition) is 2. The Bertz CT molecular complexity index is 442. The van der Waals surface area contributed by atoms with Crippen LogP contribution < -0.4 is 15.5 Å². The Morgan fingerprint density at radius 3 is 2.70 bits per heavy atom. The van der Waals surface area contributed by atoms with Crippen LogP contribution in [-0.4, -0.2) is 36.6 Å². The van der Waals surface area contributed by atoms with Gasteiger partial charge < -0.3 is 15.5 Å². The Balaban J connectivity index is 1.98. The molecule has 1 saturated heterocycles. The number of nitrogens with zero attached hydrogens (tertiary/aromatic N) is 2. The molecule has 1 amide bonds. The number of carbonyl (C=O) groups excluding carboxylic acids is 1. The molecular weight excluding hydrogens is 252 g/mol. The van der Waals surface area contributed by atoms with Gasteiger partial charge in [-0.15, -0.1) is 0 Å². The molecule has 2 rings (SSSR count). The predicted molar refractivity (Wildman–Crippen MR) is 82.0 cm³/mol. The lowest BCUT2D eigenvalue weighted by atomic mass is 10.0. The fourth-order valence-corrected chi connectivity index (χ4v) is 2.65. The first-order valence-electron chi connectivity index (χ1n) is 7.41. The molecule has 0 aromatic carbocycles. The molecule has 2 heterocycles. The Labute approximate surface area is 120 Å². The summed E-state index contributed by atoms with van der Waals surface area (Å²) in [6, 6.07) is 4.13. The molecule has 0 aliphatic carbocycles. The molecule has 0 spiro atoms. The third-order valence-corrected chi connectivity index (χ3v) is 3.96. The van der Waals surface area contributed by atoms with Crippen molar-refractivity contribution in [1.82, 2.24) is 10.3 Å². The van der Waals surface area contributed by atoms with E-state index in [1.54, 1.807) is 6.20 Å². The van der Waals surface area contributed by atoms with Crippen molar-refractivity contribution in [2.24, 2.45) is 5.92 Å². The van der Waals surface area contributed by atoms with Crippen LogP contribution in [0.4, 0.5) is 11.5 Å². The third-order valence-electron chi connectivity index (χ3n) is 3.96. The summed E-state index contributed by atoms with van der Waals surface area (Å²) in [4.78, 5) is 18.8. The molecule has 2 unspecified atom stereocenters. The van der Waals surface area contributed by atoms with Gasteiger partial charge in [-0.05, 0) is 45.9 Å². The van der Waals surface area contributed by atoms with E-state index in [1.165, 1.54) is 0 Å². The Kier molecular flexibility index (Phi) is 4.95. The normalized spacial score (nSPS) is 21.8. The maximum Gasteiger partial charge on any atom is 0.229 e.